The Balaban J connectivity index is 2.80. The molecule has 3 atom stereocenters. The monoisotopic (exact) mass is 255 g/mol. The molecule has 0 aliphatic carbocycles. The lowest BCUT2D eigenvalue weighted by molar-refractivity contribution is -0.132. The van der Waals surface area contributed by atoms with Gasteiger partial charge < -0.3 is 9.80 Å². The van der Waals surface area contributed by atoms with Gasteiger partial charge in [0.05, 0.1) is 12.2 Å². The van der Waals surface area contributed by atoms with Crippen molar-refractivity contribution in [2.45, 2.75) is 58.8 Å². The van der Waals surface area contributed by atoms with E-state index < -0.39 is 0 Å². The molecule has 0 aromatic heterocycles. The number of hydrogen-bond acceptors (Lipinski definition) is 3. The summed E-state index contributed by atoms with van der Waals surface area (Å²) >= 11 is 0. The zero-order chi connectivity index (χ0) is 13.9. The molecule has 1 N–H and O–H groups in total. The summed E-state index contributed by atoms with van der Waals surface area (Å²) < 4.78 is 0. The molecule has 1 aliphatic heterocycles. The van der Waals surface area contributed by atoms with Gasteiger partial charge in [0.1, 0.15) is 0 Å². The Kier molecular flexibility index (Phi) is 5.60. The average Bonchev–Trinajstić information content (AvgIpc) is 2.56. The number of nitrogens with zero attached hydrogens (tertiary/aromatic N) is 2. The topological polar surface area (TPSA) is 35.6 Å². The quantitative estimate of drug-likeness (QED) is 0.781. The molecular formula is C14H29N3O. The number of rotatable bonds is 6. The molecule has 0 spiro atoms. The molecule has 0 radical (unpaired) electrons. The molecule has 4 nitrogen and oxygen atoms in total. The largest absolute Gasteiger partial charge is 0.322 e. The van der Waals surface area contributed by atoms with Crippen molar-refractivity contribution in [3.63, 3.8) is 0 Å². The summed E-state index contributed by atoms with van der Waals surface area (Å²) in [5.74, 6) is 0.727. The van der Waals surface area contributed by atoms with Gasteiger partial charge in [-0.2, -0.15) is 0 Å². The van der Waals surface area contributed by atoms with Crippen molar-refractivity contribution in [2.75, 3.05) is 20.6 Å². The second-order valence-corrected chi connectivity index (χ2v) is 6.05. The van der Waals surface area contributed by atoms with Crippen molar-refractivity contribution >= 4 is 5.91 Å². The average molecular weight is 255 g/mol. The zero-order valence-electron chi connectivity index (χ0n) is 12.7. The number of carbonyl (C=O) groups is 1. The number of hydrogen-bond donors (Lipinski definition) is 1. The maximum Gasteiger partial charge on any atom is 0.241 e. The normalized spacial score (nSPS) is 26.4. The molecule has 1 rings (SSSR count). The van der Waals surface area contributed by atoms with E-state index in [9.17, 15) is 4.79 Å². The van der Waals surface area contributed by atoms with E-state index in [1.807, 2.05) is 0 Å². The molecule has 106 valence electrons. The molecule has 1 aliphatic rings. The summed E-state index contributed by atoms with van der Waals surface area (Å²) in [6.07, 6.45) is 2.17. The minimum absolute atomic E-state index is 0.0204. The van der Waals surface area contributed by atoms with Gasteiger partial charge in [0, 0.05) is 12.6 Å². The summed E-state index contributed by atoms with van der Waals surface area (Å²) in [5.41, 5.74) is 0. The van der Waals surface area contributed by atoms with E-state index in [1.54, 1.807) is 0 Å². The summed E-state index contributed by atoms with van der Waals surface area (Å²) in [7, 11) is 4.11. The Morgan fingerprint density at radius 3 is 2.39 bits per heavy atom. The Labute approximate surface area is 112 Å². The van der Waals surface area contributed by atoms with Crippen molar-refractivity contribution in [2.24, 2.45) is 5.92 Å². The number of amides is 1. The first-order chi connectivity index (χ1) is 8.38. The van der Waals surface area contributed by atoms with Crippen molar-refractivity contribution < 1.29 is 4.79 Å². The van der Waals surface area contributed by atoms with Crippen LogP contribution in [0.1, 0.15) is 40.5 Å². The maximum absolute atomic E-state index is 12.5. The number of carbonyl (C=O) groups excluding carboxylic acids is 1. The minimum Gasteiger partial charge on any atom is -0.322 e. The standard InChI is InChI=1S/C14H29N3O/c1-7-8-12-14(18)17(11(4)9-16(5)6)13(15-12)10(2)3/h10-13,15H,7-9H2,1-6H3. The second kappa shape index (κ2) is 6.53. The lowest BCUT2D eigenvalue weighted by atomic mass is 10.1. The van der Waals surface area contributed by atoms with Crippen molar-refractivity contribution in [1.82, 2.24) is 15.1 Å². The van der Waals surface area contributed by atoms with Gasteiger partial charge in [0.2, 0.25) is 5.91 Å². The van der Waals surface area contributed by atoms with Gasteiger partial charge in [-0.25, -0.2) is 0 Å². The van der Waals surface area contributed by atoms with Gasteiger partial charge in [-0.15, -0.1) is 0 Å². The molecule has 18 heavy (non-hydrogen) atoms. The molecule has 0 aromatic rings. The van der Waals surface area contributed by atoms with Crippen LogP contribution in [-0.2, 0) is 4.79 Å². The lowest BCUT2D eigenvalue weighted by Gasteiger charge is -2.34. The Bertz CT molecular complexity index is 278. The van der Waals surface area contributed by atoms with E-state index in [1.165, 1.54) is 0 Å². The van der Waals surface area contributed by atoms with Gasteiger partial charge in [-0.1, -0.05) is 27.2 Å². The van der Waals surface area contributed by atoms with Gasteiger partial charge in [0.25, 0.3) is 0 Å². The van der Waals surface area contributed by atoms with Crippen molar-refractivity contribution in [3.05, 3.63) is 0 Å². The molecule has 4 heteroatoms. The second-order valence-electron chi connectivity index (χ2n) is 6.05. The first kappa shape index (κ1) is 15.4. The van der Waals surface area contributed by atoms with Crippen molar-refractivity contribution in [1.29, 1.82) is 0 Å². The Hall–Kier alpha value is -0.610. The first-order valence-electron chi connectivity index (χ1n) is 7.11. The van der Waals surface area contributed by atoms with Crippen LogP contribution in [0, 0.1) is 5.92 Å². The molecule has 1 saturated heterocycles. The zero-order valence-corrected chi connectivity index (χ0v) is 12.7. The summed E-state index contributed by atoms with van der Waals surface area (Å²) in [6, 6.07) is 0.279. The highest BCUT2D eigenvalue weighted by molar-refractivity contribution is 5.84. The third kappa shape index (κ3) is 3.45. The van der Waals surface area contributed by atoms with E-state index in [2.05, 4.69) is 56.9 Å². The van der Waals surface area contributed by atoms with Crippen LogP contribution < -0.4 is 5.32 Å². The van der Waals surface area contributed by atoms with Crippen LogP contribution in [0.25, 0.3) is 0 Å². The summed E-state index contributed by atoms with van der Waals surface area (Å²) in [4.78, 5) is 16.7. The van der Waals surface area contributed by atoms with E-state index in [-0.39, 0.29) is 24.2 Å². The third-order valence-corrected chi connectivity index (χ3v) is 3.54. The number of likely N-dealkylation sites (N-methyl/N-ethyl adjacent to an activating group) is 1. The van der Waals surface area contributed by atoms with Crippen LogP contribution >= 0.6 is 0 Å². The van der Waals surface area contributed by atoms with Crippen LogP contribution in [0.15, 0.2) is 0 Å². The van der Waals surface area contributed by atoms with Crippen LogP contribution in [0.4, 0.5) is 0 Å². The molecule has 0 aromatic carbocycles. The summed E-state index contributed by atoms with van der Waals surface area (Å²) in [5, 5.41) is 3.50. The van der Waals surface area contributed by atoms with Crippen LogP contribution in [-0.4, -0.2) is 54.6 Å². The van der Waals surface area contributed by atoms with Crippen LogP contribution in [0.5, 0.6) is 0 Å². The smallest absolute Gasteiger partial charge is 0.241 e. The fraction of sp³-hybridized carbons (Fsp3) is 0.929. The van der Waals surface area contributed by atoms with E-state index in [0.29, 0.717) is 5.92 Å². The summed E-state index contributed by atoms with van der Waals surface area (Å²) in [6.45, 7) is 9.54. The van der Waals surface area contributed by atoms with Gasteiger partial charge in [-0.3, -0.25) is 10.1 Å². The highest BCUT2D eigenvalue weighted by Crippen LogP contribution is 2.22. The van der Waals surface area contributed by atoms with E-state index in [0.717, 1.165) is 19.4 Å². The molecule has 1 fully saturated rings. The molecule has 3 unspecified atom stereocenters. The van der Waals surface area contributed by atoms with E-state index in [4.69, 9.17) is 0 Å². The maximum atomic E-state index is 12.5. The molecule has 0 saturated carbocycles. The fourth-order valence-electron chi connectivity index (χ4n) is 2.79. The Morgan fingerprint density at radius 1 is 1.33 bits per heavy atom. The van der Waals surface area contributed by atoms with Gasteiger partial charge in [-0.05, 0) is 33.4 Å². The minimum atomic E-state index is 0.0204. The molecule has 0 bridgehead atoms. The fourth-order valence-corrected chi connectivity index (χ4v) is 2.79. The molecular weight excluding hydrogens is 226 g/mol. The number of nitrogens with one attached hydrogen (secondary N) is 1. The first-order valence-corrected chi connectivity index (χ1v) is 7.11. The molecule has 1 amide bonds. The highest BCUT2D eigenvalue weighted by atomic mass is 16.2. The Morgan fingerprint density at radius 2 is 1.94 bits per heavy atom. The van der Waals surface area contributed by atoms with Crippen LogP contribution in [0.2, 0.25) is 0 Å². The van der Waals surface area contributed by atoms with Gasteiger partial charge >= 0.3 is 0 Å². The van der Waals surface area contributed by atoms with Gasteiger partial charge in [0.15, 0.2) is 0 Å². The predicted octanol–water partition coefficient (Wildman–Crippen LogP) is 1.52. The lowest BCUT2D eigenvalue weighted by Crippen LogP contribution is -2.49. The third-order valence-electron chi connectivity index (χ3n) is 3.54. The SMILES string of the molecule is CCCC1NC(C(C)C)N(C(C)CN(C)C)C1=O. The van der Waals surface area contributed by atoms with E-state index >= 15 is 0 Å². The predicted molar refractivity (Wildman–Crippen MR) is 75.3 cm³/mol. The van der Waals surface area contributed by atoms with Crippen molar-refractivity contribution in [3.8, 4) is 0 Å². The van der Waals surface area contributed by atoms with Crippen LogP contribution in [0.3, 0.4) is 0 Å². The highest BCUT2D eigenvalue weighted by Gasteiger charge is 2.41. The molecule has 1 heterocycles.